The van der Waals surface area contributed by atoms with Gasteiger partial charge in [-0.1, -0.05) is 0 Å². The van der Waals surface area contributed by atoms with Crippen LogP contribution in [0.5, 0.6) is 0 Å². The van der Waals surface area contributed by atoms with Gasteiger partial charge in [0.15, 0.2) is 0 Å². The number of hydrogen-bond acceptors (Lipinski definition) is 4. The Balaban J connectivity index is 1.45. The quantitative estimate of drug-likeness (QED) is 0.892. The Labute approximate surface area is 138 Å². The van der Waals surface area contributed by atoms with Crippen LogP contribution in [-0.4, -0.2) is 69.9 Å². The molecule has 1 aromatic rings. The zero-order chi connectivity index (χ0) is 16.2. The van der Waals surface area contributed by atoms with Crippen LogP contribution in [0, 0.1) is 11.8 Å². The van der Waals surface area contributed by atoms with E-state index in [0.29, 0.717) is 18.9 Å². The number of rotatable bonds is 4. The average Bonchev–Trinajstić information content (AvgIpc) is 3.08. The SMILES string of the molecule is CN1CC[C@@H](O)[C@H](C(=O)N2CCC(CCn3cccn3)CC2)C1. The Bertz CT molecular complexity index is 497. The van der Waals surface area contributed by atoms with Crippen LogP contribution in [0.25, 0.3) is 0 Å². The highest BCUT2D eigenvalue weighted by atomic mass is 16.3. The smallest absolute Gasteiger partial charge is 0.229 e. The van der Waals surface area contributed by atoms with Crippen LogP contribution in [0.4, 0.5) is 0 Å². The fraction of sp³-hybridized carbons (Fsp3) is 0.765. The van der Waals surface area contributed by atoms with E-state index in [-0.39, 0.29) is 11.8 Å². The zero-order valence-corrected chi connectivity index (χ0v) is 14.0. The number of piperidine rings is 2. The lowest BCUT2D eigenvalue weighted by atomic mass is 9.90. The Morgan fingerprint density at radius 1 is 1.26 bits per heavy atom. The number of likely N-dealkylation sites (tertiary alicyclic amines) is 2. The molecule has 6 heteroatoms. The summed E-state index contributed by atoms with van der Waals surface area (Å²) in [6, 6.07) is 1.95. The molecule has 1 amide bonds. The van der Waals surface area contributed by atoms with Crippen molar-refractivity contribution in [3.05, 3.63) is 18.5 Å². The fourth-order valence-electron chi connectivity index (χ4n) is 3.77. The third-order valence-corrected chi connectivity index (χ3v) is 5.35. The van der Waals surface area contributed by atoms with Crippen molar-refractivity contribution in [2.24, 2.45) is 11.8 Å². The van der Waals surface area contributed by atoms with E-state index in [1.807, 2.05) is 35.1 Å². The molecule has 0 aliphatic carbocycles. The lowest BCUT2D eigenvalue weighted by molar-refractivity contribution is -0.143. The first kappa shape index (κ1) is 16.5. The van der Waals surface area contributed by atoms with E-state index >= 15 is 0 Å². The van der Waals surface area contributed by atoms with Gasteiger partial charge in [-0.05, 0) is 44.7 Å². The zero-order valence-electron chi connectivity index (χ0n) is 14.0. The maximum atomic E-state index is 12.7. The summed E-state index contributed by atoms with van der Waals surface area (Å²) in [5, 5.41) is 14.4. The van der Waals surface area contributed by atoms with Crippen molar-refractivity contribution >= 4 is 5.91 Å². The molecule has 23 heavy (non-hydrogen) atoms. The summed E-state index contributed by atoms with van der Waals surface area (Å²) in [6.07, 6.45) is 7.28. The van der Waals surface area contributed by atoms with Gasteiger partial charge in [0.1, 0.15) is 0 Å². The van der Waals surface area contributed by atoms with E-state index in [0.717, 1.165) is 45.4 Å². The molecule has 0 unspecified atom stereocenters. The highest BCUT2D eigenvalue weighted by Crippen LogP contribution is 2.25. The van der Waals surface area contributed by atoms with E-state index in [1.165, 1.54) is 0 Å². The number of amides is 1. The van der Waals surface area contributed by atoms with Crippen molar-refractivity contribution in [1.29, 1.82) is 0 Å². The van der Waals surface area contributed by atoms with Gasteiger partial charge < -0.3 is 14.9 Å². The molecule has 2 atom stereocenters. The van der Waals surface area contributed by atoms with Gasteiger partial charge in [-0.2, -0.15) is 5.10 Å². The van der Waals surface area contributed by atoms with Crippen molar-refractivity contribution in [2.75, 3.05) is 33.2 Å². The molecule has 0 aromatic carbocycles. The summed E-state index contributed by atoms with van der Waals surface area (Å²) in [7, 11) is 2.02. The number of aliphatic hydroxyl groups excluding tert-OH is 1. The molecular formula is C17H28N4O2. The van der Waals surface area contributed by atoms with E-state index in [9.17, 15) is 9.90 Å². The van der Waals surface area contributed by atoms with E-state index in [2.05, 4.69) is 10.00 Å². The summed E-state index contributed by atoms with van der Waals surface area (Å²) in [4.78, 5) is 16.8. The number of aryl methyl sites for hydroxylation is 1. The number of hydrogen-bond donors (Lipinski definition) is 1. The van der Waals surface area contributed by atoms with Crippen LogP contribution >= 0.6 is 0 Å². The highest BCUT2D eigenvalue weighted by Gasteiger charge is 2.35. The average molecular weight is 320 g/mol. The van der Waals surface area contributed by atoms with Gasteiger partial charge in [0.2, 0.25) is 5.91 Å². The molecule has 0 radical (unpaired) electrons. The van der Waals surface area contributed by atoms with Gasteiger partial charge in [0.05, 0.1) is 12.0 Å². The third kappa shape index (κ3) is 4.12. The second-order valence-electron chi connectivity index (χ2n) is 7.05. The van der Waals surface area contributed by atoms with Crippen LogP contribution in [0.3, 0.4) is 0 Å². The van der Waals surface area contributed by atoms with Gasteiger partial charge in [-0.3, -0.25) is 9.48 Å². The molecule has 1 N–H and O–H groups in total. The van der Waals surface area contributed by atoms with Crippen LogP contribution in [0.2, 0.25) is 0 Å². The van der Waals surface area contributed by atoms with Crippen LogP contribution in [-0.2, 0) is 11.3 Å². The molecule has 0 saturated carbocycles. The number of aromatic nitrogens is 2. The largest absolute Gasteiger partial charge is 0.392 e. The van der Waals surface area contributed by atoms with Crippen molar-refractivity contribution < 1.29 is 9.90 Å². The minimum Gasteiger partial charge on any atom is -0.392 e. The van der Waals surface area contributed by atoms with E-state index in [1.54, 1.807) is 0 Å². The Hall–Kier alpha value is -1.40. The predicted molar refractivity (Wildman–Crippen MR) is 87.8 cm³/mol. The van der Waals surface area contributed by atoms with E-state index in [4.69, 9.17) is 0 Å². The summed E-state index contributed by atoms with van der Waals surface area (Å²) in [5.41, 5.74) is 0. The van der Waals surface area contributed by atoms with Gasteiger partial charge in [-0.25, -0.2) is 0 Å². The first-order chi connectivity index (χ1) is 11.1. The molecule has 0 bridgehead atoms. The first-order valence-corrected chi connectivity index (χ1v) is 8.76. The normalized spacial score (nSPS) is 27.3. The maximum absolute atomic E-state index is 12.7. The summed E-state index contributed by atoms with van der Waals surface area (Å²) in [6.45, 7) is 4.17. The van der Waals surface area contributed by atoms with Gasteiger partial charge in [-0.15, -0.1) is 0 Å². The van der Waals surface area contributed by atoms with Crippen molar-refractivity contribution in [3.8, 4) is 0 Å². The third-order valence-electron chi connectivity index (χ3n) is 5.35. The topological polar surface area (TPSA) is 61.6 Å². The highest BCUT2D eigenvalue weighted by molar-refractivity contribution is 5.80. The number of carbonyl (C=O) groups excluding carboxylic acids is 1. The summed E-state index contributed by atoms with van der Waals surface area (Å²) in [5.74, 6) is 0.575. The van der Waals surface area contributed by atoms with Crippen molar-refractivity contribution in [3.63, 3.8) is 0 Å². The van der Waals surface area contributed by atoms with E-state index < -0.39 is 6.10 Å². The predicted octanol–water partition coefficient (Wildman–Crippen LogP) is 0.824. The number of aliphatic hydroxyl groups is 1. The Kier molecular flexibility index (Phi) is 5.33. The van der Waals surface area contributed by atoms with Gasteiger partial charge in [0, 0.05) is 45.1 Å². The lowest BCUT2D eigenvalue weighted by Crippen LogP contribution is -2.51. The molecule has 3 rings (SSSR count). The molecule has 3 heterocycles. The summed E-state index contributed by atoms with van der Waals surface area (Å²) >= 11 is 0. The van der Waals surface area contributed by atoms with Crippen LogP contribution in [0.15, 0.2) is 18.5 Å². The molecule has 6 nitrogen and oxygen atoms in total. The van der Waals surface area contributed by atoms with Crippen molar-refractivity contribution in [2.45, 2.75) is 38.3 Å². The van der Waals surface area contributed by atoms with Gasteiger partial charge in [0.25, 0.3) is 0 Å². The van der Waals surface area contributed by atoms with Crippen LogP contribution in [0.1, 0.15) is 25.7 Å². The minimum absolute atomic E-state index is 0.148. The Morgan fingerprint density at radius 3 is 2.74 bits per heavy atom. The van der Waals surface area contributed by atoms with Crippen LogP contribution < -0.4 is 0 Å². The molecule has 2 saturated heterocycles. The monoisotopic (exact) mass is 320 g/mol. The van der Waals surface area contributed by atoms with Crippen molar-refractivity contribution in [1.82, 2.24) is 19.6 Å². The summed E-state index contributed by atoms with van der Waals surface area (Å²) < 4.78 is 1.98. The molecule has 1 aromatic heterocycles. The number of carbonyl (C=O) groups is 1. The maximum Gasteiger partial charge on any atom is 0.229 e. The standard InChI is InChI=1S/C17H28N4O2/c1-19-9-6-16(22)15(13-19)17(23)20-10-3-14(4-11-20)5-12-21-8-2-7-18-21/h2,7-8,14-16,22H,3-6,9-13H2,1H3/t15-,16-/m1/s1. The van der Waals surface area contributed by atoms with Gasteiger partial charge >= 0.3 is 0 Å². The molecule has 2 aliphatic heterocycles. The fourth-order valence-corrected chi connectivity index (χ4v) is 3.77. The number of nitrogens with zero attached hydrogens (tertiary/aromatic N) is 4. The molecule has 2 fully saturated rings. The first-order valence-electron chi connectivity index (χ1n) is 8.76. The second kappa shape index (κ2) is 7.45. The lowest BCUT2D eigenvalue weighted by Gasteiger charge is -2.38. The molecular weight excluding hydrogens is 292 g/mol. The second-order valence-corrected chi connectivity index (χ2v) is 7.05. The minimum atomic E-state index is -0.476. The molecule has 128 valence electrons. The molecule has 2 aliphatic rings. The molecule has 0 spiro atoms. The Morgan fingerprint density at radius 2 is 2.04 bits per heavy atom.